The Balaban J connectivity index is 1.82. The van der Waals surface area contributed by atoms with Crippen LogP contribution in [0.25, 0.3) is 11.1 Å². The summed E-state index contributed by atoms with van der Waals surface area (Å²) in [5.41, 5.74) is 11.4. The number of nitrogens with zero attached hydrogens (tertiary/aromatic N) is 2. The summed E-state index contributed by atoms with van der Waals surface area (Å²) in [6.07, 6.45) is 7.29. The first kappa shape index (κ1) is 20.1. The van der Waals surface area contributed by atoms with Crippen LogP contribution in [0.3, 0.4) is 0 Å². The van der Waals surface area contributed by atoms with Gasteiger partial charge in [-0.1, -0.05) is 19.4 Å². The number of benzene rings is 1. The van der Waals surface area contributed by atoms with Crippen LogP contribution in [0.1, 0.15) is 47.2 Å². The molecule has 2 aromatic heterocycles. The second-order valence-electron chi connectivity index (χ2n) is 7.59. The van der Waals surface area contributed by atoms with Crippen molar-refractivity contribution in [3.8, 4) is 22.6 Å². The average Bonchev–Trinajstić information content (AvgIpc) is 3.36. The standard InChI is InChI=1S/C23H28N4O3/c1-3-4-5-18-22(16-6-7-19-20(12-16)30-11-10-29-19)21(23(24)28)15(2)27(18)9-8-17-13-25-14-26-17/h6-7,12-14H,3-5,8-11H2,1-2H3,(H2,24,28)(H,25,26). The van der Waals surface area contributed by atoms with Crippen molar-refractivity contribution in [3.63, 3.8) is 0 Å². The SMILES string of the molecule is CCCCc1c(-c2ccc3c(c2)OCCO3)c(C(N)=O)c(C)n1CCc1cnc[nH]1. The summed E-state index contributed by atoms with van der Waals surface area (Å²) >= 11 is 0. The minimum atomic E-state index is -0.407. The molecule has 0 atom stereocenters. The Morgan fingerprint density at radius 2 is 2.03 bits per heavy atom. The van der Waals surface area contributed by atoms with Crippen molar-refractivity contribution < 1.29 is 14.3 Å². The van der Waals surface area contributed by atoms with Crippen LogP contribution in [0.2, 0.25) is 0 Å². The average molecular weight is 409 g/mol. The maximum atomic E-state index is 12.5. The number of aromatic amines is 1. The lowest BCUT2D eigenvalue weighted by Gasteiger charge is -2.19. The Labute approximate surface area is 176 Å². The van der Waals surface area contributed by atoms with Crippen LogP contribution in [-0.2, 0) is 19.4 Å². The third-order valence-electron chi connectivity index (χ3n) is 5.64. The van der Waals surface area contributed by atoms with E-state index >= 15 is 0 Å². The molecule has 1 aliphatic rings. The van der Waals surface area contributed by atoms with Gasteiger partial charge in [-0.2, -0.15) is 0 Å². The number of rotatable bonds is 8. The lowest BCUT2D eigenvalue weighted by molar-refractivity contribution is 0.1000. The van der Waals surface area contributed by atoms with Crippen LogP contribution in [-0.4, -0.2) is 33.7 Å². The Kier molecular flexibility index (Phi) is 5.79. The molecular weight excluding hydrogens is 380 g/mol. The van der Waals surface area contributed by atoms with Crippen molar-refractivity contribution in [2.24, 2.45) is 5.73 Å². The number of aromatic nitrogens is 3. The highest BCUT2D eigenvalue weighted by Gasteiger charge is 2.25. The molecule has 158 valence electrons. The van der Waals surface area contributed by atoms with Gasteiger partial charge in [0.15, 0.2) is 11.5 Å². The van der Waals surface area contributed by atoms with Gasteiger partial charge >= 0.3 is 0 Å². The first-order valence-corrected chi connectivity index (χ1v) is 10.5. The van der Waals surface area contributed by atoms with Crippen molar-refractivity contribution in [3.05, 3.63) is 53.4 Å². The van der Waals surface area contributed by atoms with E-state index in [1.807, 2.05) is 31.3 Å². The predicted molar refractivity (Wildman–Crippen MR) is 115 cm³/mol. The number of carbonyl (C=O) groups excluding carboxylic acids is 1. The molecule has 3 aromatic rings. The number of primary amides is 1. The van der Waals surface area contributed by atoms with Crippen molar-refractivity contribution >= 4 is 5.91 Å². The molecule has 1 aromatic carbocycles. The number of unbranched alkanes of at least 4 members (excludes halogenated alkanes) is 1. The Bertz CT molecular complexity index is 1040. The van der Waals surface area contributed by atoms with Gasteiger partial charge in [0.25, 0.3) is 5.91 Å². The number of hydrogen-bond donors (Lipinski definition) is 2. The number of nitrogens with two attached hydrogens (primary N) is 1. The van der Waals surface area contributed by atoms with Gasteiger partial charge in [-0.05, 0) is 37.5 Å². The molecule has 4 rings (SSSR count). The van der Waals surface area contributed by atoms with Gasteiger partial charge in [0.1, 0.15) is 13.2 Å². The number of fused-ring (bicyclic) bond motifs is 1. The summed E-state index contributed by atoms with van der Waals surface area (Å²) in [5, 5.41) is 0. The van der Waals surface area contributed by atoms with E-state index < -0.39 is 5.91 Å². The van der Waals surface area contributed by atoms with Crippen molar-refractivity contribution in [1.82, 2.24) is 14.5 Å². The number of imidazole rings is 1. The zero-order valence-corrected chi connectivity index (χ0v) is 17.5. The van der Waals surface area contributed by atoms with Gasteiger partial charge in [-0.25, -0.2) is 4.98 Å². The molecular formula is C23H28N4O3. The first-order valence-electron chi connectivity index (χ1n) is 10.5. The maximum Gasteiger partial charge on any atom is 0.251 e. The minimum Gasteiger partial charge on any atom is -0.486 e. The highest BCUT2D eigenvalue weighted by atomic mass is 16.6. The fourth-order valence-corrected chi connectivity index (χ4v) is 4.17. The van der Waals surface area contributed by atoms with Gasteiger partial charge in [0, 0.05) is 41.8 Å². The zero-order chi connectivity index (χ0) is 21.1. The van der Waals surface area contributed by atoms with Crippen molar-refractivity contribution in [2.45, 2.75) is 46.1 Å². The highest BCUT2D eigenvalue weighted by Crippen LogP contribution is 2.39. The largest absolute Gasteiger partial charge is 0.486 e. The maximum absolute atomic E-state index is 12.5. The van der Waals surface area contributed by atoms with Crippen molar-refractivity contribution in [1.29, 1.82) is 0 Å². The lowest BCUT2D eigenvalue weighted by Crippen LogP contribution is -2.15. The molecule has 7 nitrogen and oxygen atoms in total. The second kappa shape index (κ2) is 8.65. The molecule has 0 fully saturated rings. The van der Waals surface area contributed by atoms with Gasteiger partial charge < -0.3 is 24.8 Å². The van der Waals surface area contributed by atoms with Crippen LogP contribution in [0.4, 0.5) is 0 Å². The Morgan fingerprint density at radius 3 is 2.73 bits per heavy atom. The number of hydrogen-bond acceptors (Lipinski definition) is 4. The van der Waals surface area contributed by atoms with E-state index in [1.54, 1.807) is 6.33 Å². The number of ether oxygens (including phenoxy) is 2. The van der Waals surface area contributed by atoms with E-state index in [1.165, 1.54) is 0 Å². The van der Waals surface area contributed by atoms with E-state index in [4.69, 9.17) is 15.2 Å². The van der Waals surface area contributed by atoms with Gasteiger partial charge in [0.2, 0.25) is 0 Å². The molecule has 0 saturated heterocycles. The molecule has 3 N–H and O–H groups in total. The monoisotopic (exact) mass is 408 g/mol. The van der Waals surface area contributed by atoms with Crippen LogP contribution in [0, 0.1) is 6.92 Å². The number of carbonyl (C=O) groups is 1. The van der Waals surface area contributed by atoms with E-state index in [9.17, 15) is 4.79 Å². The van der Waals surface area contributed by atoms with Crippen LogP contribution in [0.15, 0.2) is 30.7 Å². The lowest BCUT2D eigenvalue weighted by atomic mass is 9.97. The second-order valence-corrected chi connectivity index (χ2v) is 7.59. The van der Waals surface area contributed by atoms with Crippen LogP contribution < -0.4 is 15.2 Å². The van der Waals surface area contributed by atoms with E-state index in [-0.39, 0.29) is 0 Å². The third kappa shape index (κ3) is 3.79. The predicted octanol–water partition coefficient (Wildman–Crippen LogP) is 3.64. The molecule has 3 heterocycles. The Morgan fingerprint density at radius 1 is 1.23 bits per heavy atom. The van der Waals surface area contributed by atoms with E-state index in [2.05, 4.69) is 21.5 Å². The molecule has 7 heteroatoms. The van der Waals surface area contributed by atoms with E-state index in [0.29, 0.717) is 24.5 Å². The van der Waals surface area contributed by atoms with Gasteiger partial charge in [-0.3, -0.25) is 4.79 Å². The van der Waals surface area contributed by atoms with Crippen molar-refractivity contribution in [2.75, 3.05) is 13.2 Å². The number of H-pyrrole nitrogens is 1. The Hall–Kier alpha value is -3.22. The van der Waals surface area contributed by atoms with Gasteiger partial charge in [-0.15, -0.1) is 0 Å². The molecule has 0 unspecified atom stereocenters. The summed E-state index contributed by atoms with van der Waals surface area (Å²) in [7, 11) is 0. The minimum absolute atomic E-state index is 0.407. The normalized spacial score (nSPS) is 12.9. The summed E-state index contributed by atoms with van der Waals surface area (Å²) in [5.74, 6) is 1.03. The molecule has 0 saturated carbocycles. The molecule has 30 heavy (non-hydrogen) atoms. The topological polar surface area (TPSA) is 95.2 Å². The number of aryl methyl sites for hydroxylation is 1. The summed E-state index contributed by atoms with van der Waals surface area (Å²) in [6, 6.07) is 5.86. The molecule has 0 spiro atoms. The first-order chi connectivity index (χ1) is 14.6. The molecule has 1 amide bonds. The van der Waals surface area contributed by atoms with E-state index in [0.717, 1.165) is 66.2 Å². The quantitative estimate of drug-likeness (QED) is 0.595. The fraction of sp³-hybridized carbons (Fsp3) is 0.391. The molecule has 0 aliphatic carbocycles. The highest BCUT2D eigenvalue weighted by molar-refractivity contribution is 6.02. The zero-order valence-electron chi connectivity index (χ0n) is 17.5. The molecule has 0 radical (unpaired) electrons. The molecule has 0 bridgehead atoms. The van der Waals surface area contributed by atoms with Crippen LogP contribution >= 0.6 is 0 Å². The smallest absolute Gasteiger partial charge is 0.251 e. The fourth-order valence-electron chi connectivity index (χ4n) is 4.17. The van der Waals surface area contributed by atoms with Crippen LogP contribution in [0.5, 0.6) is 11.5 Å². The summed E-state index contributed by atoms with van der Waals surface area (Å²) in [6.45, 7) is 5.96. The number of amides is 1. The summed E-state index contributed by atoms with van der Waals surface area (Å²) in [4.78, 5) is 19.8. The van der Waals surface area contributed by atoms with Gasteiger partial charge in [0.05, 0.1) is 11.9 Å². The summed E-state index contributed by atoms with van der Waals surface area (Å²) < 4.78 is 13.7. The third-order valence-corrected chi connectivity index (χ3v) is 5.64. The molecule has 1 aliphatic heterocycles. The number of nitrogens with one attached hydrogen (secondary N) is 1.